The number of amides is 2. The number of hydrogen-bond donors (Lipinski definition) is 0. The summed E-state index contributed by atoms with van der Waals surface area (Å²) < 4.78 is 10.7. The van der Waals surface area contributed by atoms with Gasteiger partial charge >= 0.3 is 12.2 Å². The molecular weight excluding hydrogens is 766 g/mol. The summed E-state index contributed by atoms with van der Waals surface area (Å²) in [6, 6.07) is 24.1. The molecule has 292 valence electrons. The lowest BCUT2D eigenvalue weighted by molar-refractivity contribution is 0.0178. The van der Waals surface area contributed by atoms with E-state index in [-0.39, 0.29) is 17.6 Å². The zero-order valence-corrected chi connectivity index (χ0v) is 35.1. The maximum atomic E-state index is 12.4. The molecule has 0 unspecified atom stereocenters. The minimum atomic E-state index is -0.479. The van der Waals surface area contributed by atoms with Gasteiger partial charge in [-0.1, -0.05) is 47.5 Å². The van der Waals surface area contributed by atoms with Crippen LogP contribution in [0.5, 0.6) is 0 Å². The maximum absolute atomic E-state index is 12.4. The molecule has 54 heavy (non-hydrogen) atoms. The first-order chi connectivity index (χ1) is 25.5. The highest BCUT2D eigenvalue weighted by atomic mass is 35.5. The Bertz CT molecular complexity index is 1690. The van der Waals surface area contributed by atoms with Gasteiger partial charge in [-0.2, -0.15) is 0 Å². The largest absolute Gasteiger partial charge is 0.444 e. The van der Waals surface area contributed by atoms with E-state index < -0.39 is 11.2 Å². The number of hydrogen-bond acceptors (Lipinski definition) is 6. The molecule has 8 nitrogen and oxygen atoms in total. The second-order valence-corrected chi connectivity index (χ2v) is 16.4. The average molecular weight is 819 g/mol. The van der Waals surface area contributed by atoms with Crippen LogP contribution in [-0.4, -0.2) is 81.1 Å². The lowest BCUT2D eigenvalue weighted by Gasteiger charge is -2.43. The number of piperidine rings is 1. The molecule has 0 spiro atoms. The summed E-state index contributed by atoms with van der Waals surface area (Å²) in [7, 11) is 0. The summed E-state index contributed by atoms with van der Waals surface area (Å²) in [4.78, 5) is 35.4. The highest BCUT2D eigenvalue weighted by Crippen LogP contribution is 2.42. The Labute approximate surface area is 341 Å². The smallest absolute Gasteiger partial charge is 0.410 e. The van der Waals surface area contributed by atoms with Crippen LogP contribution in [0.1, 0.15) is 76.6 Å². The van der Waals surface area contributed by atoms with Crippen molar-refractivity contribution in [3.8, 4) is 0 Å². The van der Waals surface area contributed by atoms with Crippen molar-refractivity contribution in [3.63, 3.8) is 0 Å². The van der Waals surface area contributed by atoms with Gasteiger partial charge in [0.1, 0.15) is 11.2 Å². The van der Waals surface area contributed by atoms with Crippen molar-refractivity contribution >= 4 is 58.6 Å². The van der Waals surface area contributed by atoms with Crippen LogP contribution in [0.3, 0.4) is 0 Å². The number of rotatable bonds is 8. The molecule has 12 heteroatoms. The minimum absolute atomic E-state index is 0.147. The van der Waals surface area contributed by atoms with Gasteiger partial charge in [0.2, 0.25) is 0 Å². The highest BCUT2D eigenvalue weighted by Gasteiger charge is 2.40. The number of ether oxygens (including phenoxy) is 2. The van der Waals surface area contributed by atoms with Crippen LogP contribution in [0.2, 0.25) is 10.0 Å². The van der Waals surface area contributed by atoms with E-state index in [2.05, 4.69) is 34.2 Å². The SMILES string of the molecule is CC(C)(C)OC(=O)N(CCCl)CCCl.CC(C)(C)OC(=O)N1CCC(c2ccncc2)(c2ccc(Cl)cc2)CC1.Clc1ccc(Cc2ccncc2)cc1. The predicted octanol–water partition coefficient (Wildman–Crippen LogP) is 11.1. The Morgan fingerprint density at radius 2 is 1.09 bits per heavy atom. The fourth-order valence-corrected chi connectivity index (χ4v) is 6.40. The van der Waals surface area contributed by atoms with Crippen molar-refractivity contribution in [3.05, 3.63) is 130 Å². The van der Waals surface area contributed by atoms with Gasteiger partial charge in [0.15, 0.2) is 0 Å². The van der Waals surface area contributed by atoms with Crippen molar-refractivity contribution in [1.29, 1.82) is 0 Å². The zero-order chi connectivity index (χ0) is 39.8. The Morgan fingerprint density at radius 1 is 0.667 bits per heavy atom. The molecular formula is C42H52Cl4N4O4. The third-order valence-electron chi connectivity index (χ3n) is 8.33. The van der Waals surface area contributed by atoms with Gasteiger partial charge in [-0.15, -0.1) is 23.2 Å². The Morgan fingerprint density at radius 3 is 1.56 bits per heavy atom. The fraction of sp³-hybridized carbons (Fsp3) is 0.429. The molecule has 0 saturated carbocycles. The molecule has 5 rings (SSSR count). The first-order valence-electron chi connectivity index (χ1n) is 17.9. The summed E-state index contributed by atoms with van der Waals surface area (Å²) in [5, 5.41) is 1.51. The molecule has 4 aromatic rings. The van der Waals surface area contributed by atoms with Gasteiger partial charge < -0.3 is 19.3 Å². The predicted molar refractivity (Wildman–Crippen MR) is 221 cm³/mol. The highest BCUT2D eigenvalue weighted by molar-refractivity contribution is 6.30. The molecule has 1 saturated heterocycles. The summed E-state index contributed by atoms with van der Waals surface area (Å²) in [5.41, 5.74) is 3.87. The Kier molecular flexibility index (Phi) is 17.9. The molecule has 0 N–H and O–H groups in total. The standard InChI is InChI=1S/C21H25ClN2O2.C12H10ClN.C9H17Cl2NO2/c1-20(2,3)26-19(25)24-14-10-21(11-15-24,17-8-12-23-13-9-17)16-4-6-18(22)7-5-16;13-12-3-1-10(2-4-12)9-11-5-7-14-8-6-11;1-9(2,3)14-8(13)12(6-4-10)7-5-11/h4-9,12-13H,10-11,14-15H2,1-3H3;1-8H,9H2;4-7H2,1-3H3. The van der Waals surface area contributed by atoms with Crippen molar-refractivity contribution < 1.29 is 19.1 Å². The van der Waals surface area contributed by atoms with Crippen molar-refractivity contribution in [2.75, 3.05) is 37.9 Å². The molecule has 2 amide bonds. The molecule has 3 heterocycles. The van der Waals surface area contributed by atoms with E-state index in [1.807, 2.05) is 115 Å². The first-order valence-corrected chi connectivity index (χ1v) is 19.8. The first kappa shape index (κ1) is 44.8. The van der Waals surface area contributed by atoms with E-state index >= 15 is 0 Å². The topological polar surface area (TPSA) is 84.9 Å². The van der Waals surface area contributed by atoms with Gasteiger partial charge in [-0.25, -0.2) is 9.59 Å². The van der Waals surface area contributed by atoms with Gasteiger partial charge in [-0.3, -0.25) is 9.97 Å². The molecule has 2 aromatic heterocycles. The molecule has 0 atom stereocenters. The maximum Gasteiger partial charge on any atom is 0.410 e. The van der Waals surface area contributed by atoms with Crippen LogP contribution >= 0.6 is 46.4 Å². The molecule has 0 radical (unpaired) electrons. The molecule has 1 aliphatic heterocycles. The Hall–Kier alpha value is -3.56. The van der Waals surface area contributed by atoms with E-state index in [0.717, 1.165) is 29.3 Å². The average Bonchev–Trinajstić information content (AvgIpc) is 3.13. The number of carbonyl (C=O) groups is 2. The number of carbonyl (C=O) groups excluding carboxylic acids is 2. The molecule has 2 aromatic carbocycles. The van der Waals surface area contributed by atoms with Crippen molar-refractivity contribution in [2.45, 2.75) is 77.4 Å². The summed E-state index contributed by atoms with van der Waals surface area (Å²) in [5.74, 6) is 0.770. The quantitative estimate of drug-likeness (QED) is 0.165. The number of alkyl halides is 2. The second-order valence-electron chi connectivity index (χ2n) is 14.8. The zero-order valence-electron chi connectivity index (χ0n) is 32.0. The summed E-state index contributed by atoms with van der Waals surface area (Å²) in [6.07, 6.45) is 9.27. The molecule has 0 aliphatic carbocycles. The lowest BCUT2D eigenvalue weighted by Crippen LogP contribution is -2.47. The van der Waals surface area contributed by atoms with Crippen LogP contribution in [0, 0.1) is 0 Å². The molecule has 0 bridgehead atoms. The minimum Gasteiger partial charge on any atom is -0.444 e. The normalized spacial score (nSPS) is 13.7. The number of nitrogens with zero attached hydrogens (tertiary/aromatic N) is 4. The van der Waals surface area contributed by atoms with E-state index in [1.165, 1.54) is 27.2 Å². The molecule has 1 fully saturated rings. The second kappa shape index (κ2) is 21.5. The van der Waals surface area contributed by atoms with Crippen LogP contribution in [0.25, 0.3) is 0 Å². The van der Waals surface area contributed by atoms with Gasteiger partial charge in [0.05, 0.1) is 0 Å². The summed E-state index contributed by atoms with van der Waals surface area (Å²) in [6.45, 7) is 13.4. The van der Waals surface area contributed by atoms with E-state index in [1.54, 1.807) is 4.90 Å². The number of aromatic nitrogens is 2. The number of benzene rings is 2. The monoisotopic (exact) mass is 816 g/mol. The third-order valence-corrected chi connectivity index (χ3v) is 9.17. The van der Waals surface area contributed by atoms with Gasteiger partial charge in [0.25, 0.3) is 0 Å². The number of pyridine rings is 2. The number of halogens is 4. The van der Waals surface area contributed by atoms with Gasteiger partial charge in [0, 0.05) is 78.2 Å². The van der Waals surface area contributed by atoms with Crippen LogP contribution in [0.15, 0.2) is 97.6 Å². The van der Waals surface area contributed by atoms with Crippen LogP contribution < -0.4 is 0 Å². The molecule has 1 aliphatic rings. The Balaban J connectivity index is 0.000000238. The van der Waals surface area contributed by atoms with Crippen LogP contribution in [0.4, 0.5) is 9.59 Å². The van der Waals surface area contributed by atoms with Gasteiger partial charge in [-0.05, 0) is 132 Å². The van der Waals surface area contributed by atoms with Crippen molar-refractivity contribution in [2.24, 2.45) is 0 Å². The van der Waals surface area contributed by atoms with E-state index in [9.17, 15) is 9.59 Å². The van der Waals surface area contributed by atoms with E-state index in [0.29, 0.717) is 37.9 Å². The fourth-order valence-electron chi connectivity index (χ4n) is 5.74. The van der Waals surface area contributed by atoms with E-state index in [4.69, 9.17) is 55.9 Å². The van der Waals surface area contributed by atoms with Crippen LogP contribution in [-0.2, 0) is 21.3 Å². The van der Waals surface area contributed by atoms with Crippen molar-refractivity contribution in [1.82, 2.24) is 19.8 Å². The third kappa shape index (κ3) is 15.3. The summed E-state index contributed by atoms with van der Waals surface area (Å²) >= 11 is 23.0. The lowest BCUT2D eigenvalue weighted by atomic mass is 9.68. The number of likely N-dealkylation sites (tertiary alicyclic amines) is 1.